The summed E-state index contributed by atoms with van der Waals surface area (Å²) in [6.07, 6.45) is -1.15. The number of benzene rings is 2. The van der Waals surface area contributed by atoms with Gasteiger partial charge in [-0.25, -0.2) is 4.79 Å². The minimum Gasteiger partial charge on any atom is -0.465 e. The lowest BCUT2D eigenvalue weighted by Crippen LogP contribution is -2.31. The number of hydrogen-bond acceptors (Lipinski definition) is 5. The third-order valence-electron chi connectivity index (χ3n) is 5.17. The molecule has 0 aliphatic carbocycles. The third kappa shape index (κ3) is 4.12. The molecule has 0 saturated carbocycles. The molecule has 2 heterocycles. The largest absolute Gasteiger partial charge is 0.465 e. The van der Waals surface area contributed by atoms with Crippen LogP contribution in [0.4, 0.5) is 4.79 Å². The van der Waals surface area contributed by atoms with E-state index in [1.165, 1.54) is 0 Å². The fraction of sp³-hybridized carbons (Fsp3) is 0.250. The molecular weight excluding hydrogens is 408 g/mol. The zero-order valence-electron chi connectivity index (χ0n) is 18.1. The standard InChI is InChI=1S/C24H24N4O4/c1-14(2)13-28-20(12-25-24(30)31)21(16-7-5-4-6-8-16)19-11-17(9-10-18(19)23(28)29)22-27-26-15(3)32-22/h4-11,14,25H,12-13H2,1-3H3,(H,30,31). The van der Waals surface area contributed by atoms with Gasteiger partial charge in [0, 0.05) is 35.7 Å². The molecule has 4 aromatic rings. The van der Waals surface area contributed by atoms with Crippen molar-refractivity contribution in [2.75, 3.05) is 0 Å². The second-order valence-corrected chi connectivity index (χ2v) is 8.04. The summed E-state index contributed by atoms with van der Waals surface area (Å²) in [7, 11) is 0. The van der Waals surface area contributed by atoms with Crippen molar-refractivity contribution in [3.8, 4) is 22.6 Å². The van der Waals surface area contributed by atoms with Crippen molar-refractivity contribution in [1.29, 1.82) is 0 Å². The van der Waals surface area contributed by atoms with Crippen molar-refractivity contribution in [2.45, 2.75) is 33.9 Å². The van der Waals surface area contributed by atoms with E-state index >= 15 is 0 Å². The molecule has 0 fully saturated rings. The van der Waals surface area contributed by atoms with Crippen LogP contribution in [0.15, 0.2) is 57.7 Å². The van der Waals surface area contributed by atoms with E-state index in [0.717, 1.165) is 11.1 Å². The van der Waals surface area contributed by atoms with E-state index in [1.807, 2.05) is 50.2 Å². The molecule has 4 rings (SSSR count). The molecule has 2 aromatic heterocycles. The molecule has 0 aliphatic rings. The number of aryl methyl sites for hydroxylation is 1. The molecule has 8 heteroatoms. The summed E-state index contributed by atoms with van der Waals surface area (Å²) >= 11 is 0. The Labute approximate surface area is 184 Å². The average Bonchev–Trinajstić information content (AvgIpc) is 3.20. The van der Waals surface area contributed by atoms with Crippen LogP contribution < -0.4 is 10.9 Å². The Balaban J connectivity index is 2.08. The fourth-order valence-corrected chi connectivity index (χ4v) is 3.87. The Hall–Kier alpha value is -3.94. The lowest BCUT2D eigenvalue weighted by Gasteiger charge is -2.21. The van der Waals surface area contributed by atoms with E-state index in [1.54, 1.807) is 23.6 Å². The van der Waals surface area contributed by atoms with Gasteiger partial charge in [0.05, 0.1) is 6.54 Å². The normalized spacial score (nSPS) is 11.2. The SMILES string of the molecule is Cc1nnc(-c2ccc3c(=O)n(CC(C)C)c(CNC(=O)O)c(-c4ccccc4)c3c2)o1. The van der Waals surface area contributed by atoms with Gasteiger partial charge >= 0.3 is 6.09 Å². The fourth-order valence-electron chi connectivity index (χ4n) is 3.87. The van der Waals surface area contributed by atoms with E-state index in [0.29, 0.717) is 40.4 Å². The van der Waals surface area contributed by atoms with Gasteiger partial charge in [-0.2, -0.15) is 0 Å². The van der Waals surface area contributed by atoms with E-state index < -0.39 is 6.09 Å². The van der Waals surface area contributed by atoms with Crippen molar-refractivity contribution >= 4 is 16.9 Å². The first-order valence-electron chi connectivity index (χ1n) is 10.4. The Morgan fingerprint density at radius 3 is 2.47 bits per heavy atom. The van der Waals surface area contributed by atoms with E-state index in [2.05, 4.69) is 15.5 Å². The summed E-state index contributed by atoms with van der Waals surface area (Å²) in [5.74, 6) is 1.00. The van der Waals surface area contributed by atoms with Gasteiger partial charge in [0.25, 0.3) is 5.56 Å². The summed E-state index contributed by atoms with van der Waals surface area (Å²) in [4.78, 5) is 24.8. The number of rotatable bonds is 6. The second kappa shape index (κ2) is 8.66. The summed E-state index contributed by atoms with van der Waals surface area (Å²) < 4.78 is 7.27. The van der Waals surface area contributed by atoms with Gasteiger partial charge in [-0.05, 0) is 35.1 Å². The molecule has 0 radical (unpaired) electrons. The zero-order chi connectivity index (χ0) is 22.8. The highest BCUT2D eigenvalue weighted by atomic mass is 16.4. The van der Waals surface area contributed by atoms with Crippen LogP contribution in [0.1, 0.15) is 25.4 Å². The molecule has 0 bridgehead atoms. The molecule has 0 saturated heterocycles. The van der Waals surface area contributed by atoms with E-state index in [-0.39, 0.29) is 18.0 Å². The molecule has 2 N–H and O–H groups in total. The molecule has 1 amide bonds. The summed E-state index contributed by atoms with van der Waals surface area (Å²) in [5.41, 5.74) is 2.82. The van der Waals surface area contributed by atoms with Crippen LogP contribution in [0.2, 0.25) is 0 Å². The van der Waals surface area contributed by atoms with Gasteiger partial charge in [-0.3, -0.25) is 4.79 Å². The molecule has 8 nitrogen and oxygen atoms in total. The van der Waals surface area contributed by atoms with Gasteiger partial charge in [0.2, 0.25) is 11.8 Å². The number of aromatic nitrogens is 3. The Morgan fingerprint density at radius 1 is 1.09 bits per heavy atom. The third-order valence-corrected chi connectivity index (χ3v) is 5.17. The van der Waals surface area contributed by atoms with Gasteiger partial charge in [0.1, 0.15) is 0 Å². The highest BCUT2D eigenvalue weighted by Gasteiger charge is 2.20. The topological polar surface area (TPSA) is 110 Å². The maximum Gasteiger partial charge on any atom is 0.404 e. The van der Waals surface area contributed by atoms with Crippen LogP contribution in [0.3, 0.4) is 0 Å². The molecule has 0 aliphatic heterocycles. The van der Waals surface area contributed by atoms with Gasteiger partial charge in [0.15, 0.2) is 0 Å². The summed E-state index contributed by atoms with van der Waals surface area (Å²) in [6, 6.07) is 15.1. The molecule has 0 atom stereocenters. The van der Waals surface area contributed by atoms with Crippen molar-refractivity contribution in [2.24, 2.45) is 5.92 Å². The Bertz CT molecular complexity index is 1340. The Kier molecular flexibility index (Phi) is 5.77. The van der Waals surface area contributed by atoms with Crippen LogP contribution in [0.25, 0.3) is 33.4 Å². The number of amides is 1. The van der Waals surface area contributed by atoms with E-state index in [4.69, 9.17) is 4.42 Å². The number of pyridine rings is 1. The van der Waals surface area contributed by atoms with Crippen LogP contribution in [-0.2, 0) is 13.1 Å². The minimum absolute atomic E-state index is 0.00134. The molecule has 0 unspecified atom stereocenters. The number of hydrogen-bond donors (Lipinski definition) is 2. The van der Waals surface area contributed by atoms with Gasteiger partial charge in [-0.15, -0.1) is 10.2 Å². The number of nitrogens with zero attached hydrogens (tertiary/aromatic N) is 3. The smallest absolute Gasteiger partial charge is 0.404 e. The highest BCUT2D eigenvalue weighted by Crippen LogP contribution is 2.33. The second-order valence-electron chi connectivity index (χ2n) is 8.04. The first kappa shape index (κ1) is 21.3. The van der Waals surface area contributed by atoms with Crippen LogP contribution in [0.5, 0.6) is 0 Å². The monoisotopic (exact) mass is 432 g/mol. The number of fused-ring (bicyclic) bond motifs is 1. The average molecular weight is 432 g/mol. The summed E-state index contributed by atoms with van der Waals surface area (Å²) in [6.45, 7) is 6.23. The van der Waals surface area contributed by atoms with Crippen molar-refractivity contribution in [1.82, 2.24) is 20.1 Å². The first-order chi connectivity index (χ1) is 15.3. The lowest BCUT2D eigenvalue weighted by molar-refractivity contribution is 0.193. The molecule has 0 spiro atoms. The van der Waals surface area contributed by atoms with E-state index in [9.17, 15) is 14.7 Å². The van der Waals surface area contributed by atoms with Crippen LogP contribution in [-0.4, -0.2) is 26.0 Å². The molecule has 32 heavy (non-hydrogen) atoms. The van der Waals surface area contributed by atoms with Gasteiger partial charge < -0.3 is 19.4 Å². The molecule has 2 aromatic carbocycles. The lowest BCUT2D eigenvalue weighted by atomic mass is 9.95. The maximum atomic E-state index is 13.5. The number of carbonyl (C=O) groups is 1. The quantitative estimate of drug-likeness (QED) is 0.466. The van der Waals surface area contributed by atoms with Gasteiger partial charge in [-0.1, -0.05) is 44.2 Å². The maximum absolute atomic E-state index is 13.5. The predicted octanol–water partition coefficient (Wildman–Crippen LogP) is 4.45. The minimum atomic E-state index is -1.15. The summed E-state index contributed by atoms with van der Waals surface area (Å²) in [5, 5.41) is 20.9. The number of nitrogens with one attached hydrogen (secondary N) is 1. The molecular formula is C24H24N4O4. The van der Waals surface area contributed by atoms with Crippen LogP contribution in [0, 0.1) is 12.8 Å². The van der Waals surface area contributed by atoms with Crippen molar-refractivity contribution in [3.63, 3.8) is 0 Å². The zero-order valence-corrected chi connectivity index (χ0v) is 18.1. The first-order valence-corrected chi connectivity index (χ1v) is 10.4. The molecule has 164 valence electrons. The Morgan fingerprint density at radius 2 is 1.84 bits per heavy atom. The van der Waals surface area contributed by atoms with Crippen LogP contribution >= 0.6 is 0 Å². The predicted molar refractivity (Wildman–Crippen MR) is 121 cm³/mol. The highest BCUT2D eigenvalue weighted by molar-refractivity contribution is 5.99. The van der Waals surface area contributed by atoms with Crippen molar-refractivity contribution in [3.05, 3.63) is 70.5 Å². The number of carboxylic acid groups (broad SMARTS) is 1. The van der Waals surface area contributed by atoms with Crippen molar-refractivity contribution < 1.29 is 14.3 Å².